The molecule has 0 fully saturated rings. The highest BCUT2D eigenvalue weighted by atomic mass is 16.6. The van der Waals surface area contributed by atoms with Crippen LogP contribution in [-0.2, 0) is 20.8 Å². The van der Waals surface area contributed by atoms with Gasteiger partial charge in [0, 0.05) is 25.8 Å². The highest BCUT2D eigenvalue weighted by molar-refractivity contribution is 5.71. The predicted octanol–water partition coefficient (Wildman–Crippen LogP) is 1.67. The molecule has 0 aliphatic rings. The van der Waals surface area contributed by atoms with Crippen LogP contribution in [0, 0.1) is 6.92 Å². The summed E-state index contributed by atoms with van der Waals surface area (Å²) >= 11 is 0. The molecule has 0 amide bonds. The van der Waals surface area contributed by atoms with E-state index in [0.29, 0.717) is 25.5 Å². The molecular weight excluding hydrogens is 258 g/mol. The fourth-order valence-corrected chi connectivity index (χ4v) is 1.72. The highest BCUT2D eigenvalue weighted by Gasteiger charge is 2.07. The van der Waals surface area contributed by atoms with Crippen molar-refractivity contribution in [3.8, 4) is 5.75 Å². The normalized spacial score (nSPS) is 10.3. The van der Waals surface area contributed by atoms with E-state index in [-0.39, 0.29) is 12.6 Å². The Morgan fingerprint density at radius 2 is 2.15 bits per heavy atom. The summed E-state index contributed by atoms with van der Waals surface area (Å²) in [5.41, 5.74) is 2.17. The van der Waals surface area contributed by atoms with Gasteiger partial charge >= 0.3 is 5.97 Å². The number of nitrogens with one attached hydrogen (secondary N) is 1. The van der Waals surface area contributed by atoms with Crippen molar-refractivity contribution < 1.29 is 19.0 Å². The van der Waals surface area contributed by atoms with E-state index in [1.807, 2.05) is 25.1 Å². The van der Waals surface area contributed by atoms with Crippen molar-refractivity contribution in [1.82, 2.24) is 5.32 Å². The van der Waals surface area contributed by atoms with Crippen LogP contribution in [0.4, 0.5) is 0 Å². The third kappa shape index (κ3) is 6.04. The molecular formula is C15H23NO4. The third-order valence-corrected chi connectivity index (χ3v) is 2.67. The first-order valence-electron chi connectivity index (χ1n) is 6.75. The number of rotatable bonds is 9. The standard InChI is InChI=1S/C15H23NO4/c1-4-19-15(17)11-20-14-6-5-12(2)9-13(14)10-16-7-8-18-3/h5-6,9,16H,4,7-8,10-11H2,1-3H3. The van der Waals surface area contributed by atoms with Gasteiger partial charge in [-0.1, -0.05) is 17.7 Å². The lowest BCUT2D eigenvalue weighted by atomic mass is 10.1. The van der Waals surface area contributed by atoms with Gasteiger partial charge in [-0.05, 0) is 19.9 Å². The van der Waals surface area contributed by atoms with E-state index in [1.54, 1.807) is 14.0 Å². The first-order chi connectivity index (χ1) is 9.67. The molecule has 20 heavy (non-hydrogen) atoms. The molecule has 0 unspecified atom stereocenters. The number of hydrogen-bond donors (Lipinski definition) is 1. The molecule has 0 aliphatic carbocycles. The number of carbonyl (C=O) groups excluding carboxylic acids is 1. The Morgan fingerprint density at radius 3 is 2.85 bits per heavy atom. The molecule has 0 heterocycles. The van der Waals surface area contributed by atoms with E-state index in [2.05, 4.69) is 5.32 Å². The molecule has 0 aromatic heterocycles. The fourth-order valence-electron chi connectivity index (χ4n) is 1.72. The van der Waals surface area contributed by atoms with Crippen molar-refractivity contribution in [2.75, 3.05) is 33.5 Å². The van der Waals surface area contributed by atoms with E-state index in [4.69, 9.17) is 14.2 Å². The van der Waals surface area contributed by atoms with Gasteiger partial charge < -0.3 is 19.5 Å². The summed E-state index contributed by atoms with van der Waals surface area (Å²) < 4.78 is 15.3. The molecule has 1 aromatic carbocycles. The zero-order chi connectivity index (χ0) is 14.8. The van der Waals surface area contributed by atoms with Gasteiger partial charge in [0.1, 0.15) is 5.75 Å². The number of carbonyl (C=O) groups is 1. The van der Waals surface area contributed by atoms with Gasteiger partial charge in [-0.2, -0.15) is 0 Å². The average molecular weight is 281 g/mol. The minimum absolute atomic E-state index is 0.0675. The molecule has 1 rings (SSSR count). The second kappa shape index (κ2) is 9.34. The number of ether oxygens (including phenoxy) is 3. The SMILES string of the molecule is CCOC(=O)COc1ccc(C)cc1CNCCOC. The lowest BCUT2D eigenvalue weighted by Gasteiger charge is -2.12. The summed E-state index contributed by atoms with van der Waals surface area (Å²) in [4.78, 5) is 11.3. The van der Waals surface area contributed by atoms with Crippen LogP contribution in [0.5, 0.6) is 5.75 Å². The lowest BCUT2D eigenvalue weighted by molar-refractivity contribution is -0.145. The number of aryl methyl sites for hydroxylation is 1. The Balaban J connectivity index is 2.57. The maximum absolute atomic E-state index is 11.3. The second-order valence-corrected chi connectivity index (χ2v) is 4.37. The Hall–Kier alpha value is -1.59. The molecule has 0 saturated heterocycles. The number of esters is 1. The minimum Gasteiger partial charge on any atom is -0.482 e. The zero-order valence-corrected chi connectivity index (χ0v) is 12.4. The van der Waals surface area contributed by atoms with Crippen molar-refractivity contribution >= 4 is 5.97 Å². The van der Waals surface area contributed by atoms with Crippen molar-refractivity contribution in [3.05, 3.63) is 29.3 Å². The van der Waals surface area contributed by atoms with Crippen molar-refractivity contribution in [3.63, 3.8) is 0 Å². The molecule has 1 aromatic rings. The maximum Gasteiger partial charge on any atom is 0.344 e. The Labute approximate surface area is 120 Å². The van der Waals surface area contributed by atoms with Gasteiger partial charge in [0.05, 0.1) is 13.2 Å². The fraction of sp³-hybridized carbons (Fsp3) is 0.533. The topological polar surface area (TPSA) is 56.8 Å². The molecule has 0 bridgehead atoms. The van der Waals surface area contributed by atoms with Crippen LogP contribution in [0.2, 0.25) is 0 Å². The molecule has 0 radical (unpaired) electrons. The lowest BCUT2D eigenvalue weighted by Crippen LogP contribution is -2.20. The van der Waals surface area contributed by atoms with E-state index in [1.165, 1.54) is 0 Å². The van der Waals surface area contributed by atoms with Crippen LogP contribution in [0.3, 0.4) is 0 Å². The minimum atomic E-state index is -0.355. The van der Waals surface area contributed by atoms with Crippen molar-refractivity contribution in [1.29, 1.82) is 0 Å². The molecule has 0 aliphatic heterocycles. The summed E-state index contributed by atoms with van der Waals surface area (Å²) in [6.07, 6.45) is 0. The van der Waals surface area contributed by atoms with Crippen LogP contribution < -0.4 is 10.1 Å². The number of hydrogen-bond acceptors (Lipinski definition) is 5. The van der Waals surface area contributed by atoms with Gasteiger partial charge in [0.2, 0.25) is 0 Å². The monoisotopic (exact) mass is 281 g/mol. The van der Waals surface area contributed by atoms with E-state index in [9.17, 15) is 4.79 Å². The van der Waals surface area contributed by atoms with Gasteiger partial charge in [-0.15, -0.1) is 0 Å². The van der Waals surface area contributed by atoms with E-state index < -0.39 is 0 Å². The average Bonchev–Trinajstić information content (AvgIpc) is 2.43. The predicted molar refractivity (Wildman–Crippen MR) is 76.9 cm³/mol. The Kier molecular flexibility index (Phi) is 7.69. The third-order valence-electron chi connectivity index (χ3n) is 2.67. The quantitative estimate of drug-likeness (QED) is 0.551. The van der Waals surface area contributed by atoms with Crippen LogP contribution >= 0.6 is 0 Å². The maximum atomic E-state index is 11.3. The molecule has 0 saturated carbocycles. The summed E-state index contributed by atoms with van der Waals surface area (Å²) in [5.74, 6) is 0.347. The van der Waals surface area contributed by atoms with Crippen LogP contribution in [-0.4, -0.2) is 39.4 Å². The highest BCUT2D eigenvalue weighted by Crippen LogP contribution is 2.20. The summed E-state index contributed by atoms with van der Waals surface area (Å²) in [7, 11) is 1.67. The summed E-state index contributed by atoms with van der Waals surface area (Å²) in [5, 5.41) is 3.26. The van der Waals surface area contributed by atoms with Gasteiger partial charge in [0.15, 0.2) is 6.61 Å². The second-order valence-electron chi connectivity index (χ2n) is 4.37. The first kappa shape index (κ1) is 16.5. The molecule has 0 spiro atoms. The molecule has 5 heteroatoms. The largest absolute Gasteiger partial charge is 0.482 e. The Morgan fingerprint density at radius 1 is 1.35 bits per heavy atom. The molecule has 5 nitrogen and oxygen atoms in total. The van der Waals surface area contributed by atoms with Gasteiger partial charge in [-0.25, -0.2) is 4.79 Å². The van der Waals surface area contributed by atoms with Gasteiger partial charge in [0.25, 0.3) is 0 Å². The van der Waals surface area contributed by atoms with E-state index >= 15 is 0 Å². The zero-order valence-electron chi connectivity index (χ0n) is 12.4. The summed E-state index contributed by atoms with van der Waals surface area (Å²) in [6.45, 7) is 6.18. The first-order valence-corrected chi connectivity index (χ1v) is 6.75. The van der Waals surface area contributed by atoms with E-state index in [0.717, 1.165) is 17.7 Å². The van der Waals surface area contributed by atoms with Crippen LogP contribution in [0.15, 0.2) is 18.2 Å². The van der Waals surface area contributed by atoms with Crippen molar-refractivity contribution in [2.45, 2.75) is 20.4 Å². The summed E-state index contributed by atoms with van der Waals surface area (Å²) in [6, 6.07) is 5.88. The van der Waals surface area contributed by atoms with Gasteiger partial charge in [-0.3, -0.25) is 0 Å². The number of benzene rings is 1. The Bertz CT molecular complexity index is 420. The molecule has 0 atom stereocenters. The van der Waals surface area contributed by atoms with Crippen LogP contribution in [0.25, 0.3) is 0 Å². The van der Waals surface area contributed by atoms with Crippen LogP contribution in [0.1, 0.15) is 18.1 Å². The molecule has 112 valence electrons. The smallest absolute Gasteiger partial charge is 0.344 e. The molecule has 1 N–H and O–H groups in total. The van der Waals surface area contributed by atoms with Crippen molar-refractivity contribution in [2.24, 2.45) is 0 Å². The number of methoxy groups -OCH3 is 1.